The van der Waals surface area contributed by atoms with Crippen LogP contribution in [0.4, 0.5) is 20.1 Å². The fraction of sp³-hybridized carbons (Fsp3) is 0.558. The Kier molecular flexibility index (Phi) is 17.9. The van der Waals surface area contributed by atoms with E-state index < -0.39 is 87.0 Å². The van der Waals surface area contributed by atoms with Gasteiger partial charge in [0.25, 0.3) is 0 Å². The Balaban J connectivity index is 2.31. The smallest absolute Gasteiger partial charge is 0.437 e. The van der Waals surface area contributed by atoms with Crippen molar-refractivity contribution in [2.75, 3.05) is 5.32 Å². The molecule has 2 aromatic rings. The Bertz CT molecular complexity index is 2090. The van der Waals surface area contributed by atoms with Crippen molar-refractivity contribution in [3.8, 4) is 5.75 Å². The number of carbonyl (C=O) groups excluding carboxylic acids is 6. The van der Waals surface area contributed by atoms with Crippen molar-refractivity contribution in [2.45, 2.75) is 157 Å². The molecule has 0 aliphatic heterocycles. The first-order chi connectivity index (χ1) is 28.5. The largest absolute Gasteiger partial charge is 0.460 e. The predicted octanol–water partition coefficient (Wildman–Crippen LogP) is 7.54. The highest BCUT2D eigenvalue weighted by atomic mass is 32.2. The van der Waals surface area contributed by atoms with Gasteiger partial charge < -0.3 is 33.7 Å². The Morgan fingerprint density at radius 2 is 1.16 bits per heavy atom. The van der Waals surface area contributed by atoms with Crippen LogP contribution >= 0.6 is 0 Å². The molecule has 1 atom stereocenters. The molecule has 0 bridgehead atoms. The lowest BCUT2D eigenvalue weighted by Crippen LogP contribution is -2.52. The van der Waals surface area contributed by atoms with Gasteiger partial charge in [0.1, 0.15) is 39.8 Å². The number of hydrogen-bond donors (Lipinski definition) is 3. The number of alkyl carbamates (subject to hydrolysis) is 1. The van der Waals surface area contributed by atoms with Crippen molar-refractivity contribution >= 4 is 58.0 Å². The number of hydrogen-bond acceptors (Lipinski definition) is 14. The van der Waals surface area contributed by atoms with Crippen LogP contribution in [-0.4, -0.2) is 88.9 Å². The van der Waals surface area contributed by atoms with Crippen LogP contribution in [0, 0.1) is 0 Å². The summed E-state index contributed by atoms with van der Waals surface area (Å²) in [7, 11) is -4.87. The molecule has 0 fully saturated rings. The maximum Gasteiger partial charge on any atom is 0.437 e. The highest BCUT2D eigenvalue weighted by Crippen LogP contribution is 2.22. The average molecular weight is 906 g/mol. The molecule has 2 rings (SSSR count). The standard InChI is InChI=1S/C43H63N5O14S/c1-39(2,3)58-32(49)25-24-31(34(51)59-40(4,5)6)47-63(55,56)48(38(54)62-43(13,14)15)26-27-16-22-30(23-17-27)57-33(50)28-18-20-29(21-19-28)44-35(45-36(52)60-41(7,8)9)46-37(53)61-42(10,11)12/h16-23,31,47H,24-26H2,1-15H3,(H2,44,45,46,52,53). The van der Waals surface area contributed by atoms with Crippen LogP contribution in [0.1, 0.15) is 133 Å². The van der Waals surface area contributed by atoms with Gasteiger partial charge in [0.15, 0.2) is 0 Å². The SMILES string of the molecule is CC(C)(C)OC(=O)CCC(NS(=O)(=O)N(Cc1ccc(OC(=O)c2ccc(NC(=NC(=O)OC(C)(C)C)NC(=O)OC(C)(C)C)cc2)cc1)C(=O)OC(C)(C)C)C(=O)OC(C)(C)C. The summed E-state index contributed by atoms with van der Waals surface area (Å²) in [4.78, 5) is 81.0. The number of carbonyl (C=O) groups is 6. The highest BCUT2D eigenvalue weighted by molar-refractivity contribution is 7.87. The molecule has 0 radical (unpaired) electrons. The van der Waals surface area contributed by atoms with Gasteiger partial charge in [0.05, 0.1) is 12.1 Å². The maximum atomic E-state index is 13.9. The minimum absolute atomic E-state index is 0.0659. The molecule has 0 spiro atoms. The van der Waals surface area contributed by atoms with Crippen LogP contribution in [0.3, 0.4) is 0 Å². The van der Waals surface area contributed by atoms with Crippen molar-refractivity contribution in [1.29, 1.82) is 0 Å². The number of amides is 3. The van der Waals surface area contributed by atoms with Crippen molar-refractivity contribution in [3.05, 3.63) is 59.7 Å². The molecular weight excluding hydrogens is 843 g/mol. The van der Waals surface area contributed by atoms with Gasteiger partial charge in [-0.15, -0.1) is 4.99 Å². The van der Waals surface area contributed by atoms with Crippen molar-refractivity contribution in [1.82, 2.24) is 14.3 Å². The molecule has 20 heteroatoms. The van der Waals surface area contributed by atoms with E-state index in [1.54, 1.807) is 104 Å². The van der Waals surface area contributed by atoms with E-state index in [0.717, 1.165) is 0 Å². The molecule has 350 valence electrons. The zero-order chi connectivity index (χ0) is 48.4. The number of ether oxygens (including phenoxy) is 6. The van der Waals surface area contributed by atoms with E-state index in [9.17, 15) is 37.2 Å². The van der Waals surface area contributed by atoms with Crippen LogP contribution in [0.25, 0.3) is 0 Å². The molecule has 3 N–H and O–H groups in total. The second kappa shape index (κ2) is 21.1. The third-order valence-corrected chi connectivity index (χ3v) is 8.43. The lowest BCUT2D eigenvalue weighted by Gasteiger charge is -2.29. The summed E-state index contributed by atoms with van der Waals surface area (Å²) in [5, 5.41) is 5.15. The van der Waals surface area contributed by atoms with E-state index in [0.29, 0.717) is 9.99 Å². The molecule has 1 unspecified atom stereocenters. The molecule has 19 nitrogen and oxygen atoms in total. The monoisotopic (exact) mass is 905 g/mol. The summed E-state index contributed by atoms with van der Waals surface area (Å²) in [5.74, 6) is -2.67. The second-order valence-corrected chi connectivity index (χ2v) is 20.8. The van der Waals surface area contributed by atoms with Crippen LogP contribution in [-0.2, 0) is 50.0 Å². The first-order valence-electron chi connectivity index (χ1n) is 20.0. The van der Waals surface area contributed by atoms with Crippen molar-refractivity contribution in [3.63, 3.8) is 0 Å². The number of rotatable bonds is 12. The van der Waals surface area contributed by atoms with E-state index in [4.69, 9.17) is 28.4 Å². The van der Waals surface area contributed by atoms with Crippen LogP contribution in [0.5, 0.6) is 5.75 Å². The third-order valence-electron chi connectivity index (χ3n) is 6.99. The quantitative estimate of drug-likeness (QED) is 0.0612. The third kappa shape index (κ3) is 21.7. The van der Waals surface area contributed by atoms with E-state index in [1.807, 2.05) is 0 Å². The van der Waals surface area contributed by atoms with Gasteiger partial charge in [0, 0.05) is 12.1 Å². The summed E-state index contributed by atoms with van der Waals surface area (Å²) in [6.45, 7) is 23.7. The van der Waals surface area contributed by atoms with Crippen molar-refractivity contribution in [2.24, 2.45) is 4.99 Å². The molecule has 0 aromatic heterocycles. The fourth-order valence-corrected chi connectivity index (χ4v) is 5.99. The number of nitrogens with zero attached hydrogens (tertiary/aromatic N) is 2. The van der Waals surface area contributed by atoms with Gasteiger partial charge in [-0.2, -0.15) is 17.4 Å². The van der Waals surface area contributed by atoms with Crippen LogP contribution in [0.15, 0.2) is 53.5 Å². The molecule has 0 aliphatic carbocycles. The molecule has 0 heterocycles. The molecule has 0 aliphatic rings. The molecule has 0 saturated heterocycles. The average Bonchev–Trinajstić information content (AvgIpc) is 3.05. The molecule has 0 saturated carbocycles. The highest BCUT2D eigenvalue weighted by Gasteiger charge is 2.37. The van der Waals surface area contributed by atoms with Crippen molar-refractivity contribution < 1.29 is 65.6 Å². The minimum Gasteiger partial charge on any atom is -0.460 e. The summed E-state index contributed by atoms with van der Waals surface area (Å²) in [6.07, 6.45) is -3.84. The number of anilines is 1. The minimum atomic E-state index is -4.87. The number of esters is 3. The fourth-order valence-electron chi connectivity index (χ4n) is 4.74. The molecule has 3 amide bonds. The van der Waals surface area contributed by atoms with Gasteiger partial charge in [-0.3, -0.25) is 14.9 Å². The van der Waals surface area contributed by atoms with Crippen LogP contribution in [0.2, 0.25) is 0 Å². The molecule has 63 heavy (non-hydrogen) atoms. The predicted molar refractivity (Wildman–Crippen MR) is 233 cm³/mol. The Hall–Kier alpha value is -5.76. The topological polar surface area (TPSA) is 244 Å². The lowest BCUT2D eigenvalue weighted by molar-refractivity contribution is -0.158. The second-order valence-electron chi connectivity index (χ2n) is 19.1. The maximum absolute atomic E-state index is 13.9. The Morgan fingerprint density at radius 1 is 0.651 bits per heavy atom. The zero-order valence-electron chi connectivity index (χ0n) is 38.8. The number of benzene rings is 2. The van der Waals surface area contributed by atoms with Gasteiger partial charge in [-0.25, -0.2) is 19.2 Å². The van der Waals surface area contributed by atoms with Gasteiger partial charge in [0.2, 0.25) is 5.96 Å². The Morgan fingerprint density at radius 3 is 1.65 bits per heavy atom. The van der Waals surface area contributed by atoms with E-state index in [2.05, 4.69) is 20.3 Å². The summed E-state index contributed by atoms with van der Waals surface area (Å²) >= 11 is 0. The van der Waals surface area contributed by atoms with Gasteiger partial charge in [-0.1, -0.05) is 12.1 Å². The van der Waals surface area contributed by atoms with Gasteiger partial charge >= 0.3 is 46.4 Å². The first kappa shape index (κ1) is 53.4. The van der Waals surface area contributed by atoms with E-state index >= 15 is 0 Å². The summed E-state index contributed by atoms with van der Waals surface area (Å²) in [6, 6.07) is 9.74. The lowest BCUT2D eigenvalue weighted by atomic mass is 10.1. The summed E-state index contributed by atoms with van der Waals surface area (Å²) < 4.78 is 62.6. The molecule has 2 aromatic carbocycles. The first-order valence-corrected chi connectivity index (χ1v) is 21.4. The zero-order valence-corrected chi connectivity index (χ0v) is 39.7. The van der Waals surface area contributed by atoms with Crippen LogP contribution < -0.4 is 20.1 Å². The number of aliphatic imine (C=N–C) groups is 1. The summed E-state index contributed by atoms with van der Waals surface area (Å²) in [5.41, 5.74) is -4.00. The van der Waals surface area contributed by atoms with Gasteiger partial charge in [-0.05, 0) is 152 Å². The number of nitrogens with one attached hydrogen (secondary N) is 3. The molecular formula is C43H63N5O14S. The normalized spacial score (nSPS) is 13.2. The number of guanidine groups is 1. The van der Waals surface area contributed by atoms with E-state index in [1.165, 1.54) is 48.5 Å². The van der Waals surface area contributed by atoms with E-state index in [-0.39, 0.29) is 35.7 Å². The Labute approximate surface area is 370 Å².